The van der Waals surface area contributed by atoms with Crippen LogP contribution in [0.15, 0.2) is 24.3 Å². The molecule has 114 valence electrons. The molecule has 2 unspecified atom stereocenters. The van der Waals surface area contributed by atoms with Crippen molar-refractivity contribution in [2.75, 3.05) is 26.8 Å². The summed E-state index contributed by atoms with van der Waals surface area (Å²) in [5.74, 6) is 6.65. The number of aliphatic hydroxyl groups is 1. The van der Waals surface area contributed by atoms with Crippen molar-refractivity contribution in [2.24, 2.45) is 5.92 Å². The molecule has 1 heterocycles. The van der Waals surface area contributed by atoms with Gasteiger partial charge in [0, 0.05) is 32.2 Å². The molecule has 3 nitrogen and oxygen atoms in total. The molecule has 3 heteroatoms. The number of piperidine rings is 1. The van der Waals surface area contributed by atoms with E-state index in [4.69, 9.17) is 9.84 Å². The largest absolute Gasteiger partial charge is 0.395 e. The highest BCUT2D eigenvalue weighted by Gasteiger charge is 2.25. The van der Waals surface area contributed by atoms with Crippen molar-refractivity contribution in [3.05, 3.63) is 35.4 Å². The molecule has 0 saturated carbocycles. The van der Waals surface area contributed by atoms with Crippen molar-refractivity contribution < 1.29 is 9.84 Å². The zero-order valence-corrected chi connectivity index (χ0v) is 13.0. The number of hydrogen-bond acceptors (Lipinski definition) is 3. The van der Waals surface area contributed by atoms with Gasteiger partial charge >= 0.3 is 0 Å². The second-order valence-corrected chi connectivity index (χ2v) is 5.75. The Balaban J connectivity index is 1.90. The third kappa shape index (κ3) is 4.86. The van der Waals surface area contributed by atoms with Crippen molar-refractivity contribution in [2.45, 2.75) is 32.4 Å². The Labute approximate surface area is 127 Å². The molecule has 1 fully saturated rings. The molecule has 1 aliphatic rings. The zero-order chi connectivity index (χ0) is 15.1. The highest BCUT2D eigenvalue weighted by Crippen LogP contribution is 2.21. The maximum Gasteiger partial charge on any atom is 0.0724 e. The van der Waals surface area contributed by atoms with Crippen LogP contribution in [-0.4, -0.2) is 42.9 Å². The van der Waals surface area contributed by atoms with E-state index in [-0.39, 0.29) is 6.61 Å². The van der Waals surface area contributed by atoms with Gasteiger partial charge in [0.1, 0.15) is 0 Å². The Morgan fingerprint density at radius 2 is 2.10 bits per heavy atom. The van der Waals surface area contributed by atoms with Gasteiger partial charge in [0.25, 0.3) is 0 Å². The average molecular weight is 287 g/mol. The van der Waals surface area contributed by atoms with Crippen molar-refractivity contribution in [3.8, 4) is 11.8 Å². The molecule has 0 aliphatic carbocycles. The maximum absolute atomic E-state index is 8.71. The van der Waals surface area contributed by atoms with Crippen molar-refractivity contribution in [1.29, 1.82) is 0 Å². The summed E-state index contributed by atoms with van der Waals surface area (Å²) in [7, 11) is 1.81. The Morgan fingerprint density at radius 1 is 1.33 bits per heavy atom. The molecule has 1 aromatic rings. The van der Waals surface area contributed by atoms with E-state index >= 15 is 0 Å². The lowest BCUT2D eigenvalue weighted by atomic mass is 9.95. The molecule has 2 rings (SSSR count). The van der Waals surface area contributed by atoms with Crippen LogP contribution in [0.25, 0.3) is 0 Å². The van der Waals surface area contributed by atoms with E-state index in [1.54, 1.807) is 0 Å². The molecule has 2 atom stereocenters. The quantitative estimate of drug-likeness (QED) is 0.862. The maximum atomic E-state index is 8.71. The Bertz CT molecular complexity index is 486. The van der Waals surface area contributed by atoms with Crippen LogP contribution in [0.3, 0.4) is 0 Å². The third-order valence-electron chi connectivity index (χ3n) is 4.11. The van der Waals surface area contributed by atoms with Gasteiger partial charge in [-0.05, 0) is 36.6 Å². The van der Waals surface area contributed by atoms with Crippen molar-refractivity contribution in [1.82, 2.24) is 4.90 Å². The van der Waals surface area contributed by atoms with E-state index in [0.717, 1.165) is 25.2 Å². The summed E-state index contributed by atoms with van der Waals surface area (Å²) in [6, 6.07) is 8.39. The van der Waals surface area contributed by atoms with Crippen LogP contribution in [0.5, 0.6) is 0 Å². The van der Waals surface area contributed by atoms with E-state index in [1.165, 1.54) is 12.0 Å². The number of benzene rings is 1. The lowest BCUT2D eigenvalue weighted by Crippen LogP contribution is -2.43. The molecular weight excluding hydrogens is 262 g/mol. The highest BCUT2D eigenvalue weighted by molar-refractivity contribution is 5.36. The number of methoxy groups -OCH3 is 1. The fraction of sp³-hybridized carbons (Fsp3) is 0.556. The first-order valence-corrected chi connectivity index (χ1v) is 7.66. The molecule has 0 spiro atoms. The molecule has 0 aromatic heterocycles. The number of ether oxygens (including phenoxy) is 1. The van der Waals surface area contributed by atoms with Gasteiger partial charge in [-0.1, -0.05) is 30.9 Å². The first-order chi connectivity index (χ1) is 10.2. The van der Waals surface area contributed by atoms with Crippen molar-refractivity contribution in [3.63, 3.8) is 0 Å². The second-order valence-electron chi connectivity index (χ2n) is 5.75. The Kier molecular flexibility index (Phi) is 6.25. The zero-order valence-electron chi connectivity index (χ0n) is 13.0. The molecular formula is C18H25NO2. The van der Waals surface area contributed by atoms with E-state index in [2.05, 4.69) is 47.9 Å². The van der Waals surface area contributed by atoms with Gasteiger partial charge in [0.2, 0.25) is 0 Å². The first kappa shape index (κ1) is 16.0. The van der Waals surface area contributed by atoms with Crippen LogP contribution in [0.1, 0.15) is 30.9 Å². The average Bonchev–Trinajstić information content (AvgIpc) is 2.51. The number of rotatable bonds is 4. The van der Waals surface area contributed by atoms with Crippen LogP contribution < -0.4 is 0 Å². The van der Waals surface area contributed by atoms with Gasteiger partial charge < -0.3 is 9.84 Å². The van der Waals surface area contributed by atoms with Gasteiger partial charge in [-0.25, -0.2) is 0 Å². The Morgan fingerprint density at radius 3 is 2.76 bits per heavy atom. The van der Waals surface area contributed by atoms with Crippen LogP contribution in [0.2, 0.25) is 0 Å². The summed E-state index contributed by atoms with van der Waals surface area (Å²) in [6.07, 6.45) is 2.08. The molecule has 0 amide bonds. The fourth-order valence-electron chi connectivity index (χ4n) is 2.72. The van der Waals surface area contributed by atoms with E-state index in [9.17, 15) is 0 Å². The standard InChI is InChI=1S/C18H25NO2/c1-15-10-11-19(14-18(15)21-2)13-17-8-6-16(7-9-17)5-3-4-12-20/h6-9,15,18,20H,4,10-14H2,1-2H3. The topological polar surface area (TPSA) is 32.7 Å². The summed E-state index contributed by atoms with van der Waals surface area (Å²) in [6.45, 7) is 5.51. The SMILES string of the molecule is COC1CN(Cc2ccc(C#CCCO)cc2)CCC1C. The molecule has 0 radical (unpaired) electrons. The molecule has 1 saturated heterocycles. The van der Waals surface area contributed by atoms with Gasteiger partial charge in [0.15, 0.2) is 0 Å². The summed E-state index contributed by atoms with van der Waals surface area (Å²) in [4.78, 5) is 2.46. The lowest BCUT2D eigenvalue weighted by molar-refractivity contribution is -0.00744. The van der Waals surface area contributed by atoms with Crippen LogP contribution in [0, 0.1) is 17.8 Å². The number of nitrogens with zero attached hydrogens (tertiary/aromatic N) is 1. The van der Waals surface area contributed by atoms with E-state index in [1.807, 2.05) is 7.11 Å². The normalized spacial score (nSPS) is 22.6. The summed E-state index contributed by atoms with van der Waals surface area (Å²) in [5.41, 5.74) is 2.32. The van der Waals surface area contributed by atoms with E-state index < -0.39 is 0 Å². The van der Waals surface area contributed by atoms with Gasteiger partial charge in [-0.2, -0.15) is 0 Å². The third-order valence-corrected chi connectivity index (χ3v) is 4.11. The number of likely N-dealkylation sites (tertiary alicyclic amines) is 1. The smallest absolute Gasteiger partial charge is 0.0724 e. The highest BCUT2D eigenvalue weighted by atomic mass is 16.5. The molecule has 21 heavy (non-hydrogen) atoms. The van der Waals surface area contributed by atoms with Crippen LogP contribution in [0.4, 0.5) is 0 Å². The summed E-state index contributed by atoms with van der Waals surface area (Å²) in [5, 5.41) is 8.71. The van der Waals surface area contributed by atoms with Gasteiger partial charge in [0.05, 0.1) is 12.7 Å². The number of hydrogen-bond donors (Lipinski definition) is 1. The van der Waals surface area contributed by atoms with Crippen molar-refractivity contribution >= 4 is 0 Å². The van der Waals surface area contributed by atoms with Crippen LogP contribution in [-0.2, 0) is 11.3 Å². The minimum Gasteiger partial charge on any atom is -0.395 e. The fourth-order valence-corrected chi connectivity index (χ4v) is 2.72. The molecule has 1 N–H and O–H groups in total. The second kappa shape index (κ2) is 8.19. The predicted octanol–water partition coefficient (Wildman–Crippen LogP) is 2.28. The molecule has 1 aliphatic heterocycles. The summed E-state index contributed by atoms with van der Waals surface area (Å²) < 4.78 is 5.57. The Hall–Kier alpha value is -1.34. The van der Waals surface area contributed by atoms with Gasteiger partial charge in [-0.3, -0.25) is 4.90 Å². The predicted molar refractivity (Wildman–Crippen MR) is 84.9 cm³/mol. The van der Waals surface area contributed by atoms with E-state index in [0.29, 0.717) is 18.4 Å². The molecule has 0 bridgehead atoms. The molecule has 1 aromatic carbocycles. The minimum absolute atomic E-state index is 0.124. The monoisotopic (exact) mass is 287 g/mol. The van der Waals surface area contributed by atoms with Gasteiger partial charge in [-0.15, -0.1) is 0 Å². The minimum atomic E-state index is 0.124. The first-order valence-electron chi connectivity index (χ1n) is 7.66. The summed E-state index contributed by atoms with van der Waals surface area (Å²) >= 11 is 0. The van der Waals surface area contributed by atoms with Crippen LogP contribution >= 0.6 is 0 Å². The number of aliphatic hydroxyl groups excluding tert-OH is 1. The lowest BCUT2D eigenvalue weighted by Gasteiger charge is -2.36.